The van der Waals surface area contributed by atoms with Gasteiger partial charge in [0.05, 0.1) is 11.3 Å². The van der Waals surface area contributed by atoms with Gasteiger partial charge >= 0.3 is 0 Å². The summed E-state index contributed by atoms with van der Waals surface area (Å²) in [4.78, 5) is 17.9. The quantitative estimate of drug-likeness (QED) is 0.820. The van der Waals surface area contributed by atoms with Gasteiger partial charge in [-0.15, -0.1) is 0 Å². The van der Waals surface area contributed by atoms with Crippen molar-refractivity contribution in [3.8, 4) is 0 Å². The van der Waals surface area contributed by atoms with Crippen molar-refractivity contribution in [3.05, 3.63) is 34.4 Å². The van der Waals surface area contributed by atoms with Crippen LogP contribution in [0.2, 0.25) is 0 Å². The molecule has 1 aliphatic heterocycles. The molecule has 1 saturated carbocycles. The topological polar surface area (TPSA) is 55.5 Å². The smallest absolute Gasteiger partial charge is 0.141 e. The molecule has 0 saturated heterocycles. The van der Waals surface area contributed by atoms with Crippen molar-refractivity contribution in [2.24, 2.45) is 16.6 Å². The molecule has 2 aliphatic rings. The molecular formula is C22H32N2O. The minimum Gasteiger partial charge on any atom is -0.326 e. The predicted molar refractivity (Wildman–Crippen MR) is 104 cm³/mol. The Morgan fingerprint density at radius 2 is 1.88 bits per heavy atom. The maximum Gasteiger partial charge on any atom is 0.141 e. The van der Waals surface area contributed by atoms with Gasteiger partial charge < -0.3 is 5.73 Å². The number of rotatable bonds is 4. The predicted octanol–water partition coefficient (Wildman–Crippen LogP) is 4.51. The van der Waals surface area contributed by atoms with Crippen molar-refractivity contribution in [2.75, 3.05) is 0 Å². The van der Waals surface area contributed by atoms with Gasteiger partial charge in [0.15, 0.2) is 0 Å². The molecule has 2 N–H and O–H groups in total. The largest absolute Gasteiger partial charge is 0.326 e. The lowest BCUT2D eigenvalue weighted by molar-refractivity contribution is -0.122. The molecule has 1 heterocycles. The fourth-order valence-electron chi connectivity index (χ4n) is 4.42. The second-order valence-electron chi connectivity index (χ2n) is 8.52. The summed E-state index contributed by atoms with van der Waals surface area (Å²) in [5, 5.41) is 0. The second-order valence-corrected chi connectivity index (χ2v) is 8.52. The number of Topliss-reactive ketones (excluding diaryl/α,β-unsaturated/α-hetero) is 1. The van der Waals surface area contributed by atoms with Crippen LogP contribution in [-0.2, 0) is 17.8 Å². The van der Waals surface area contributed by atoms with Gasteiger partial charge in [0, 0.05) is 18.9 Å². The molecule has 0 bridgehead atoms. The number of aryl methyl sites for hydroxylation is 1. The van der Waals surface area contributed by atoms with Crippen LogP contribution in [-0.4, -0.2) is 17.0 Å². The Balaban J connectivity index is 1.89. The highest BCUT2D eigenvalue weighted by Gasteiger charge is 2.30. The molecular weight excluding hydrogens is 308 g/mol. The lowest BCUT2D eigenvalue weighted by Crippen LogP contribution is -2.31. The number of nitrogens with two attached hydrogens (primary N) is 1. The molecule has 1 aromatic rings. The van der Waals surface area contributed by atoms with Crippen LogP contribution in [0.4, 0.5) is 0 Å². The Hall–Kier alpha value is -1.48. The summed E-state index contributed by atoms with van der Waals surface area (Å²) in [5.41, 5.74) is 11.6. The monoisotopic (exact) mass is 340 g/mol. The van der Waals surface area contributed by atoms with Crippen LogP contribution < -0.4 is 5.73 Å². The van der Waals surface area contributed by atoms with Gasteiger partial charge in [-0.25, -0.2) is 0 Å². The first-order chi connectivity index (χ1) is 11.9. The molecule has 0 amide bonds. The molecule has 3 rings (SSSR count). The number of nitrogens with zero attached hydrogens (tertiary/aromatic N) is 1. The summed E-state index contributed by atoms with van der Waals surface area (Å²) in [6.07, 6.45) is 8.47. The first kappa shape index (κ1) is 18.3. The average Bonchev–Trinajstić information content (AvgIpc) is 2.82. The van der Waals surface area contributed by atoms with Crippen molar-refractivity contribution in [1.29, 1.82) is 0 Å². The van der Waals surface area contributed by atoms with Crippen LogP contribution >= 0.6 is 0 Å². The van der Waals surface area contributed by atoms with E-state index < -0.39 is 0 Å². The summed E-state index contributed by atoms with van der Waals surface area (Å²) in [6, 6.07) is 4.43. The van der Waals surface area contributed by atoms with Gasteiger partial charge in [-0.1, -0.05) is 31.7 Å². The number of carbonyl (C=O) groups is 1. The van der Waals surface area contributed by atoms with Crippen LogP contribution in [0, 0.1) is 12.8 Å². The van der Waals surface area contributed by atoms with Crippen LogP contribution in [0.1, 0.15) is 81.0 Å². The van der Waals surface area contributed by atoms with Gasteiger partial charge in [-0.05, 0) is 68.4 Å². The molecule has 0 radical (unpaired) electrons. The fourth-order valence-corrected chi connectivity index (χ4v) is 4.42. The molecule has 3 heteroatoms. The van der Waals surface area contributed by atoms with Crippen molar-refractivity contribution in [3.63, 3.8) is 0 Å². The van der Waals surface area contributed by atoms with E-state index in [4.69, 9.17) is 10.7 Å². The van der Waals surface area contributed by atoms with Crippen molar-refractivity contribution < 1.29 is 4.79 Å². The number of hydrogen-bond acceptors (Lipinski definition) is 3. The SMILES string of the molecule is Cc1cc2c(cc1CN)C(CC(=O)C1CCCCCC1)=NC(C)(C)C2. The molecule has 136 valence electrons. The third-order valence-corrected chi connectivity index (χ3v) is 5.81. The summed E-state index contributed by atoms with van der Waals surface area (Å²) in [7, 11) is 0. The fraction of sp³-hybridized carbons (Fsp3) is 0.636. The van der Waals surface area contributed by atoms with E-state index in [1.807, 2.05) is 0 Å². The van der Waals surface area contributed by atoms with Crippen LogP contribution in [0.25, 0.3) is 0 Å². The molecule has 1 aliphatic carbocycles. The minimum absolute atomic E-state index is 0.136. The molecule has 1 aromatic carbocycles. The third-order valence-electron chi connectivity index (χ3n) is 5.81. The number of carbonyl (C=O) groups excluding carboxylic acids is 1. The standard InChI is InChI=1S/C22H32N2O/c1-15-10-17-13-22(2,3)24-20(19(17)11-18(15)14-23)12-21(25)16-8-6-4-5-7-9-16/h10-11,16H,4-9,12-14,23H2,1-3H3. The average molecular weight is 341 g/mol. The van der Waals surface area contributed by atoms with Crippen molar-refractivity contribution in [1.82, 2.24) is 0 Å². The van der Waals surface area contributed by atoms with Gasteiger partial charge in [0.1, 0.15) is 5.78 Å². The Bertz CT molecular complexity index is 680. The molecule has 0 atom stereocenters. The molecule has 25 heavy (non-hydrogen) atoms. The molecule has 3 nitrogen and oxygen atoms in total. The first-order valence-electron chi connectivity index (χ1n) is 9.84. The van der Waals surface area contributed by atoms with E-state index in [0.29, 0.717) is 18.7 Å². The van der Waals surface area contributed by atoms with Gasteiger partial charge in [0.25, 0.3) is 0 Å². The molecule has 0 unspecified atom stereocenters. The zero-order valence-corrected chi connectivity index (χ0v) is 16.0. The first-order valence-corrected chi connectivity index (χ1v) is 9.84. The summed E-state index contributed by atoms with van der Waals surface area (Å²) < 4.78 is 0. The van der Waals surface area contributed by atoms with E-state index in [1.165, 1.54) is 36.8 Å². The lowest BCUT2D eigenvalue weighted by Gasteiger charge is -2.30. The Morgan fingerprint density at radius 1 is 1.20 bits per heavy atom. The van der Waals surface area contributed by atoms with Crippen LogP contribution in [0.15, 0.2) is 17.1 Å². The van der Waals surface area contributed by atoms with Gasteiger partial charge in [-0.2, -0.15) is 0 Å². The van der Waals surface area contributed by atoms with Crippen molar-refractivity contribution in [2.45, 2.75) is 84.2 Å². The normalized spacial score (nSPS) is 20.6. The van der Waals surface area contributed by atoms with Crippen LogP contribution in [0.3, 0.4) is 0 Å². The summed E-state index contributed by atoms with van der Waals surface area (Å²) >= 11 is 0. The maximum absolute atomic E-state index is 13.0. The van der Waals surface area contributed by atoms with E-state index in [1.54, 1.807) is 0 Å². The number of aliphatic imine (C=N–C) groups is 1. The van der Waals surface area contributed by atoms with E-state index >= 15 is 0 Å². The zero-order valence-electron chi connectivity index (χ0n) is 16.0. The van der Waals surface area contributed by atoms with E-state index in [9.17, 15) is 4.79 Å². The maximum atomic E-state index is 13.0. The number of benzene rings is 1. The van der Waals surface area contributed by atoms with Crippen molar-refractivity contribution >= 4 is 11.5 Å². The zero-order chi connectivity index (χ0) is 18.0. The summed E-state index contributed by atoms with van der Waals surface area (Å²) in [5.74, 6) is 0.622. The molecule has 1 fully saturated rings. The van der Waals surface area contributed by atoms with E-state index in [2.05, 4.69) is 32.9 Å². The van der Waals surface area contributed by atoms with E-state index in [-0.39, 0.29) is 11.5 Å². The Labute approximate surface area is 152 Å². The van der Waals surface area contributed by atoms with Crippen LogP contribution in [0.5, 0.6) is 0 Å². The highest BCUT2D eigenvalue weighted by Crippen LogP contribution is 2.32. The van der Waals surface area contributed by atoms with Gasteiger partial charge in [0.2, 0.25) is 0 Å². The highest BCUT2D eigenvalue weighted by molar-refractivity contribution is 6.13. The number of hydrogen-bond donors (Lipinski definition) is 1. The highest BCUT2D eigenvalue weighted by atomic mass is 16.1. The van der Waals surface area contributed by atoms with Gasteiger partial charge in [-0.3, -0.25) is 9.79 Å². The Kier molecular flexibility index (Phi) is 5.43. The molecule has 0 spiro atoms. The number of ketones is 1. The molecule has 0 aromatic heterocycles. The summed E-state index contributed by atoms with van der Waals surface area (Å²) in [6.45, 7) is 6.99. The number of fused-ring (bicyclic) bond motifs is 1. The third kappa shape index (κ3) is 4.20. The van der Waals surface area contributed by atoms with E-state index in [0.717, 1.165) is 36.1 Å². The lowest BCUT2D eigenvalue weighted by atomic mass is 9.82. The Morgan fingerprint density at radius 3 is 2.52 bits per heavy atom. The second kappa shape index (κ2) is 7.41. The minimum atomic E-state index is -0.136.